The largest absolute Gasteiger partial charge is 0.255 e. The third kappa shape index (κ3) is 5.83. The molecule has 0 fully saturated rings. The van der Waals surface area contributed by atoms with Gasteiger partial charge in [-0.2, -0.15) is 0 Å². The van der Waals surface area contributed by atoms with Crippen LogP contribution in [-0.2, 0) is 0 Å². The number of hydrogen-bond acceptors (Lipinski definition) is 5. The highest BCUT2D eigenvalue weighted by Gasteiger charge is 2.15. The molecule has 0 spiro atoms. The topological polar surface area (TPSA) is 63.9 Å². The highest BCUT2D eigenvalue weighted by Crippen LogP contribution is 2.35. The molecule has 0 unspecified atom stereocenters. The number of aromatic nitrogens is 4. The molecule has 39 heavy (non-hydrogen) atoms. The first-order valence-corrected chi connectivity index (χ1v) is 13.4. The molecule has 4 aromatic heterocycles. The SMILES string of the molecule is CC(=Nc1c(C(C)C)cccc1C(C)C)c1cccc(-c2cccc(-c3cccc(-c4ccccn4)n3)n2)n1. The number of hydrogen-bond donors (Lipinski definition) is 0. The average Bonchev–Trinajstić information content (AvgIpc) is 2.97. The fraction of sp³-hybridized carbons (Fsp3) is 0.206. The van der Waals surface area contributed by atoms with Crippen molar-refractivity contribution in [3.8, 4) is 34.2 Å². The lowest BCUT2D eigenvalue weighted by molar-refractivity contribution is 0.834. The van der Waals surface area contributed by atoms with Crippen molar-refractivity contribution >= 4 is 11.4 Å². The van der Waals surface area contributed by atoms with Crippen molar-refractivity contribution in [3.05, 3.63) is 114 Å². The van der Waals surface area contributed by atoms with Gasteiger partial charge in [-0.1, -0.05) is 70.2 Å². The Morgan fingerprint density at radius 2 is 1.00 bits per heavy atom. The van der Waals surface area contributed by atoms with Crippen LogP contribution < -0.4 is 0 Å². The molecular formula is C34H33N5. The zero-order valence-corrected chi connectivity index (χ0v) is 23.1. The van der Waals surface area contributed by atoms with Crippen molar-refractivity contribution in [3.63, 3.8) is 0 Å². The number of benzene rings is 1. The zero-order chi connectivity index (χ0) is 27.4. The number of para-hydroxylation sites is 1. The van der Waals surface area contributed by atoms with E-state index in [0.717, 1.165) is 51.3 Å². The Morgan fingerprint density at radius 3 is 1.51 bits per heavy atom. The van der Waals surface area contributed by atoms with Gasteiger partial charge in [0.15, 0.2) is 0 Å². The van der Waals surface area contributed by atoms with Crippen LogP contribution in [0.2, 0.25) is 0 Å². The summed E-state index contributed by atoms with van der Waals surface area (Å²) >= 11 is 0. The number of aliphatic imine (C=N–C) groups is 1. The molecule has 0 N–H and O–H groups in total. The maximum absolute atomic E-state index is 5.13. The monoisotopic (exact) mass is 511 g/mol. The predicted molar refractivity (Wildman–Crippen MR) is 160 cm³/mol. The van der Waals surface area contributed by atoms with Gasteiger partial charge < -0.3 is 0 Å². The second kappa shape index (κ2) is 11.5. The summed E-state index contributed by atoms with van der Waals surface area (Å²) < 4.78 is 0. The fourth-order valence-electron chi connectivity index (χ4n) is 4.60. The molecule has 5 heteroatoms. The molecule has 1 aromatic carbocycles. The number of pyridine rings is 4. The third-order valence-corrected chi connectivity index (χ3v) is 6.69. The van der Waals surface area contributed by atoms with Crippen LogP contribution >= 0.6 is 0 Å². The molecule has 0 atom stereocenters. The van der Waals surface area contributed by atoms with E-state index < -0.39 is 0 Å². The maximum Gasteiger partial charge on any atom is 0.0894 e. The maximum atomic E-state index is 5.13. The second-order valence-corrected chi connectivity index (χ2v) is 10.2. The van der Waals surface area contributed by atoms with Gasteiger partial charge in [-0.3, -0.25) is 9.98 Å². The van der Waals surface area contributed by atoms with Gasteiger partial charge in [0.25, 0.3) is 0 Å². The lowest BCUT2D eigenvalue weighted by Gasteiger charge is -2.17. The van der Waals surface area contributed by atoms with Crippen LogP contribution in [0.15, 0.2) is 102 Å². The van der Waals surface area contributed by atoms with Crippen LogP contribution in [0.3, 0.4) is 0 Å². The first-order chi connectivity index (χ1) is 18.9. The summed E-state index contributed by atoms with van der Waals surface area (Å²) in [4.78, 5) is 24.3. The van der Waals surface area contributed by atoms with Crippen LogP contribution in [0.25, 0.3) is 34.2 Å². The molecule has 4 heterocycles. The van der Waals surface area contributed by atoms with Crippen LogP contribution in [0.5, 0.6) is 0 Å². The van der Waals surface area contributed by atoms with E-state index in [2.05, 4.69) is 50.9 Å². The van der Waals surface area contributed by atoms with E-state index in [1.807, 2.05) is 79.7 Å². The molecule has 0 amide bonds. The molecular weight excluding hydrogens is 478 g/mol. The molecule has 5 rings (SSSR count). The van der Waals surface area contributed by atoms with Crippen molar-refractivity contribution in [1.29, 1.82) is 0 Å². The van der Waals surface area contributed by atoms with E-state index in [1.54, 1.807) is 6.20 Å². The Morgan fingerprint density at radius 1 is 0.538 bits per heavy atom. The molecule has 0 saturated carbocycles. The Hall–Kier alpha value is -4.51. The summed E-state index contributed by atoms with van der Waals surface area (Å²) in [6.07, 6.45) is 1.78. The van der Waals surface area contributed by atoms with Crippen LogP contribution in [0, 0.1) is 0 Å². The molecule has 0 aliphatic rings. The van der Waals surface area contributed by atoms with Crippen LogP contribution in [0.1, 0.15) is 63.3 Å². The van der Waals surface area contributed by atoms with E-state index in [9.17, 15) is 0 Å². The minimum atomic E-state index is 0.381. The molecule has 0 aliphatic heterocycles. The van der Waals surface area contributed by atoms with Crippen molar-refractivity contribution < 1.29 is 0 Å². The molecule has 0 saturated heterocycles. The lowest BCUT2D eigenvalue weighted by atomic mass is 9.93. The highest BCUT2D eigenvalue weighted by molar-refractivity contribution is 5.99. The average molecular weight is 512 g/mol. The van der Waals surface area contributed by atoms with E-state index in [0.29, 0.717) is 11.8 Å². The van der Waals surface area contributed by atoms with Gasteiger partial charge in [-0.25, -0.2) is 15.0 Å². The molecule has 5 nitrogen and oxygen atoms in total. The Balaban J connectivity index is 1.50. The standard InChI is InChI=1S/C34H33N5/c1-22(2)25-12-8-13-26(23(3)4)34(25)36-24(5)27-15-9-17-30(37-27)31-19-11-20-33(39-31)32-18-10-16-29(38-32)28-14-6-7-21-35-28/h6-23H,1-5H3. The van der Waals surface area contributed by atoms with E-state index in [-0.39, 0.29) is 0 Å². The quantitative estimate of drug-likeness (QED) is 0.205. The minimum Gasteiger partial charge on any atom is -0.255 e. The van der Waals surface area contributed by atoms with Gasteiger partial charge in [-0.05, 0) is 78.4 Å². The van der Waals surface area contributed by atoms with E-state index in [1.165, 1.54) is 11.1 Å². The van der Waals surface area contributed by atoms with Crippen molar-refractivity contribution in [2.45, 2.75) is 46.5 Å². The number of rotatable bonds is 7. The summed E-state index contributed by atoms with van der Waals surface area (Å²) in [5, 5.41) is 0. The van der Waals surface area contributed by atoms with Gasteiger partial charge in [0.1, 0.15) is 0 Å². The predicted octanol–water partition coefficient (Wildman–Crippen LogP) is 8.66. The summed E-state index contributed by atoms with van der Waals surface area (Å²) in [5.41, 5.74) is 10.1. The number of nitrogens with zero attached hydrogens (tertiary/aromatic N) is 5. The second-order valence-electron chi connectivity index (χ2n) is 10.2. The molecule has 5 aromatic rings. The fourth-order valence-corrected chi connectivity index (χ4v) is 4.60. The Labute approximate surface area is 230 Å². The smallest absolute Gasteiger partial charge is 0.0894 e. The van der Waals surface area contributed by atoms with Gasteiger partial charge in [0, 0.05) is 6.20 Å². The van der Waals surface area contributed by atoms with E-state index in [4.69, 9.17) is 19.9 Å². The van der Waals surface area contributed by atoms with Crippen molar-refractivity contribution in [2.24, 2.45) is 4.99 Å². The zero-order valence-electron chi connectivity index (χ0n) is 23.1. The van der Waals surface area contributed by atoms with Gasteiger partial charge in [0.05, 0.1) is 51.3 Å². The summed E-state index contributed by atoms with van der Waals surface area (Å²) in [5.74, 6) is 0.762. The first kappa shape index (κ1) is 26.1. The third-order valence-electron chi connectivity index (χ3n) is 6.69. The summed E-state index contributed by atoms with van der Waals surface area (Å²) in [6.45, 7) is 10.9. The summed E-state index contributed by atoms with van der Waals surface area (Å²) in [7, 11) is 0. The van der Waals surface area contributed by atoms with Crippen LogP contribution in [0.4, 0.5) is 5.69 Å². The molecule has 0 radical (unpaired) electrons. The molecule has 0 aliphatic carbocycles. The van der Waals surface area contributed by atoms with Gasteiger partial charge in [0.2, 0.25) is 0 Å². The minimum absolute atomic E-state index is 0.381. The first-order valence-electron chi connectivity index (χ1n) is 13.4. The molecule has 0 bridgehead atoms. The Kier molecular flexibility index (Phi) is 7.69. The Bertz CT molecular complexity index is 1590. The normalized spacial score (nSPS) is 11.8. The lowest BCUT2D eigenvalue weighted by Crippen LogP contribution is -2.02. The van der Waals surface area contributed by atoms with Gasteiger partial charge >= 0.3 is 0 Å². The highest BCUT2D eigenvalue weighted by atomic mass is 14.9. The van der Waals surface area contributed by atoms with Crippen LogP contribution in [-0.4, -0.2) is 25.6 Å². The summed E-state index contributed by atoms with van der Waals surface area (Å²) in [6, 6.07) is 30.2. The molecule has 194 valence electrons. The van der Waals surface area contributed by atoms with Crippen molar-refractivity contribution in [1.82, 2.24) is 19.9 Å². The van der Waals surface area contributed by atoms with Gasteiger partial charge in [-0.15, -0.1) is 0 Å². The van der Waals surface area contributed by atoms with Crippen molar-refractivity contribution in [2.75, 3.05) is 0 Å². The van der Waals surface area contributed by atoms with E-state index >= 15 is 0 Å².